The zero-order chi connectivity index (χ0) is 19.9. The van der Waals surface area contributed by atoms with Gasteiger partial charge in [0.15, 0.2) is 0 Å². The second-order valence-corrected chi connectivity index (χ2v) is 6.91. The van der Waals surface area contributed by atoms with E-state index in [0.29, 0.717) is 12.4 Å². The molecule has 1 aliphatic rings. The van der Waals surface area contributed by atoms with Crippen LogP contribution < -0.4 is 4.74 Å². The van der Waals surface area contributed by atoms with Crippen molar-refractivity contribution in [3.63, 3.8) is 0 Å². The molecule has 3 rings (SSSR count). The van der Waals surface area contributed by atoms with Crippen LogP contribution in [-0.2, 0) is 20.9 Å². The summed E-state index contributed by atoms with van der Waals surface area (Å²) in [6.07, 6.45) is 1.62. The van der Waals surface area contributed by atoms with E-state index >= 15 is 0 Å². The van der Waals surface area contributed by atoms with Crippen molar-refractivity contribution in [1.82, 2.24) is 4.90 Å². The van der Waals surface area contributed by atoms with Crippen molar-refractivity contribution in [3.8, 4) is 5.75 Å². The molecule has 0 radical (unpaired) electrons. The highest BCUT2D eigenvalue weighted by molar-refractivity contribution is 8.18. The van der Waals surface area contributed by atoms with Crippen LogP contribution in [0.4, 0.5) is 4.79 Å². The number of benzene rings is 2. The smallest absolute Gasteiger partial charge is 0.326 e. The first kappa shape index (κ1) is 19.7. The summed E-state index contributed by atoms with van der Waals surface area (Å²) in [5.74, 6) is -0.454. The van der Waals surface area contributed by atoms with E-state index in [0.717, 1.165) is 27.8 Å². The first-order valence-corrected chi connectivity index (χ1v) is 9.56. The lowest BCUT2D eigenvalue weighted by Crippen LogP contribution is -2.34. The van der Waals surface area contributed by atoms with E-state index < -0.39 is 17.1 Å². The molecular formula is C21H19NO5S. The molecule has 2 amide bonds. The molecule has 1 fully saturated rings. The normalized spacial score (nSPS) is 15.2. The van der Waals surface area contributed by atoms with E-state index in [1.54, 1.807) is 19.1 Å². The van der Waals surface area contributed by atoms with Gasteiger partial charge >= 0.3 is 5.97 Å². The number of thioether (sulfide) groups is 1. The Bertz CT molecular complexity index is 910. The molecule has 0 bridgehead atoms. The minimum absolute atomic E-state index is 0.195. The Morgan fingerprint density at radius 2 is 1.89 bits per heavy atom. The summed E-state index contributed by atoms with van der Waals surface area (Å²) in [5.41, 5.74) is 1.78. The van der Waals surface area contributed by atoms with Crippen molar-refractivity contribution in [2.24, 2.45) is 0 Å². The van der Waals surface area contributed by atoms with Crippen molar-refractivity contribution in [1.29, 1.82) is 0 Å². The highest BCUT2D eigenvalue weighted by atomic mass is 32.2. The molecule has 0 spiro atoms. The van der Waals surface area contributed by atoms with Gasteiger partial charge in [-0.15, -0.1) is 0 Å². The molecule has 0 aliphatic carbocycles. The van der Waals surface area contributed by atoms with E-state index in [4.69, 9.17) is 9.47 Å². The quantitative estimate of drug-likeness (QED) is 0.522. The van der Waals surface area contributed by atoms with Gasteiger partial charge in [0.2, 0.25) is 0 Å². The SMILES string of the molecule is CCOC(=O)CN1C(=O)S/C(=C\c2cccc(OCc3ccccc3)c2)C1=O. The molecule has 0 unspecified atom stereocenters. The summed E-state index contributed by atoms with van der Waals surface area (Å²) in [4.78, 5) is 37.2. The van der Waals surface area contributed by atoms with E-state index in [1.165, 1.54) is 0 Å². The lowest BCUT2D eigenvalue weighted by Gasteiger charge is -2.10. The lowest BCUT2D eigenvalue weighted by molar-refractivity contribution is -0.145. The van der Waals surface area contributed by atoms with Crippen LogP contribution in [0.5, 0.6) is 5.75 Å². The Hall–Kier alpha value is -3.06. The Balaban J connectivity index is 1.68. The van der Waals surface area contributed by atoms with Crippen LogP contribution in [0.25, 0.3) is 6.08 Å². The standard InChI is InChI=1S/C21H19NO5S/c1-2-26-19(23)13-22-20(24)18(28-21(22)25)12-16-9-6-10-17(11-16)27-14-15-7-4-3-5-8-15/h3-12H,2,13-14H2,1H3/b18-12-. The van der Waals surface area contributed by atoms with Gasteiger partial charge in [-0.2, -0.15) is 0 Å². The van der Waals surface area contributed by atoms with Crippen molar-refractivity contribution in [2.75, 3.05) is 13.2 Å². The average molecular weight is 397 g/mol. The van der Waals surface area contributed by atoms with Gasteiger partial charge in [-0.25, -0.2) is 0 Å². The number of hydrogen-bond donors (Lipinski definition) is 0. The maximum atomic E-state index is 12.4. The summed E-state index contributed by atoms with van der Waals surface area (Å²) in [6.45, 7) is 1.91. The van der Waals surface area contributed by atoms with Crippen molar-refractivity contribution < 1.29 is 23.9 Å². The van der Waals surface area contributed by atoms with Gasteiger partial charge in [0.05, 0.1) is 11.5 Å². The van der Waals surface area contributed by atoms with E-state index in [9.17, 15) is 14.4 Å². The Morgan fingerprint density at radius 3 is 2.64 bits per heavy atom. The highest BCUT2D eigenvalue weighted by Crippen LogP contribution is 2.32. The van der Waals surface area contributed by atoms with E-state index in [2.05, 4.69) is 0 Å². The fraction of sp³-hybridized carbons (Fsp3) is 0.190. The number of carbonyl (C=O) groups is 3. The number of imide groups is 1. The molecular weight excluding hydrogens is 378 g/mol. The van der Waals surface area contributed by atoms with Gasteiger partial charge < -0.3 is 9.47 Å². The van der Waals surface area contributed by atoms with Crippen molar-refractivity contribution >= 4 is 35.0 Å². The molecule has 1 heterocycles. The highest BCUT2D eigenvalue weighted by Gasteiger charge is 2.36. The van der Waals surface area contributed by atoms with Crippen LogP contribution in [0.1, 0.15) is 18.1 Å². The Labute approximate surface area is 167 Å². The molecule has 6 nitrogen and oxygen atoms in total. The number of amides is 2. The number of esters is 1. The molecule has 144 valence electrons. The third kappa shape index (κ3) is 5.01. The van der Waals surface area contributed by atoms with Gasteiger partial charge in [-0.3, -0.25) is 19.3 Å². The monoisotopic (exact) mass is 397 g/mol. The molecule has 0 aromatic heterocycles. The summed E-state index contributed by atoms with van der Waals surface area (Å²) in [6, 6.07) is 17.0. The predicted molar refractivity (Wildman–Crippen MR) is 107 cm³/mol. The number of hydrogen-bond acceptors (Lipinski definition) is 6. The fourth-order valence-corrected chi connectivity index (χ4v) is 3.40. The maximum absolute atomic E-state index is 12.4. The van der Waals surface area contributed by atoms with Gasteiger partial charge in [-0.1, -0.05) is 42.5 Å². The second kappa shape index (κ2) is 9.23. The summed E-state index contributed by atoms with van der Waals surface area (Å²) >= 11 is 0.803. The predicted octanol–water partition coefficient (Wildman–Crippen LogP) is 3.87. The first-order chi connectivity index (χ1) is 13.6. The number of nitrogens with zero attached hydrogens (tertiary/aromatic N) is 1. The second-order valence-electron chi connectivity index (χ2n) is 5.92. The lowest BCUT2D eigenvalue weighted by atomic mass is 10.2. The topological polar surface area (TPSA) is 72.9 Å². The fourth-order valence-electron chi connectivity index (χ4n) is 2.56. The van der Waals surface area contributed by atoms with Gasteiger partial charge in [0.1, 0.15) is 18.9 Å². The summed E-state index contributed by atoms with van der Waals surface area (Å²) in [7, 11) is 0. The van der Waals surface area contributed by atoms with Crippen molar-refractivity contribution in [2.45, 2.75) is 13.5 Å². The molecule has 1 saturated heterocycles. The van der Waals surface area contributed by atoms with Gasteiger partial charge in [-0.05, 0) is 48.0 Å². The van der Waals surface area contributed by atoms with Crippen LogP contribution in [0.15, 0.2) is 59.5 Å². The third-order valence-corrected chi connectivity index (χ3v) is 4.78. The largest absolute Gasteiger partial charge is 0.489 e. The summed E-state index contributed by atoms with van der Waals surface area (Å²) in [5, 5.41) is -0.485. The average Bonchev–Trinajstić information content (AvgIpc) is 2.95. The first-order valence-electron chi connectivity index (χ1n) is 8.74. The van der Waals surface area contributed by atoms with Crippen LogP contribution >= 0.6 is 11.8 Å². The molecule has 28 heavy (non-hydrogen) atoms. The number of rotatable bonds is 7. The van der Waals surface area contributed by atoms with Crippen LogP contribution in [0.3, 0.4) is 0 Å². The number of carbonyl (C=O) groups excluding carboxylic acids is 3. The Kier molecular flexibility index (Phi) is 6.49. The number of ether oxygens (including phenoxy) is 2. The maximum Gasteiger partial charge on any atom is 0.326 e. The minimum Gasteiger partial charge on any atom is -0.489 e. The molecule has 2 aromatic carbocycles. The molecule has 0 atom stereocenters. The van der Waals surface area contributed by atoms with Crippen LogP contribution in [0, 0.1) is 0 Å². The molecule has 0 saturated carbocycles. The third-order valence-electron chi connectivity index (χ3n) is 3.87. The van der Waals surface area contributed by atoms with Gasteiger partial charge in [0, 0.05) is 0 Å². The van der Waals surface area contributed by atoms with E-state index in [1.807, 2.05) is 48.5 Å². The minimum atomic E-state index is -0.609. The Morgan fingerprint density at radius 1 is 1.11 bits per heavy atom. The summed E-state index contributed by atoms with van der Waals surface area (Å²) < 4.78 is 10.6. The zero-order valence-corrected chi connectivity index (χ0v) is 16.1. The molecule has 7 heteroatoms. The molecule has 2 aromatic rings. The van der Waals surface area contributed by atoms with Gasteiger partial charge in [0.25, 0.3) is 11.1 Å². The van der Waals surface area contributed by atoms with Crippen molar-refractivity contribution in [3.05, 3.63) is 70.6 Å². The zero-order valence-electron chi connectivity index (χ0n) is 15.3. The van der Waals surface area contributed by atoms with Crippen LogP contribution in [-0.4, -0.2) is 35.2 Å². The molecule has 0 N–H and O–H groups in total. The van der Waals surface area contributed by atoms with Crippen LogP contribution in [0.2, 0.25) is 0 Å². The molecule has 1 aliphatic heterocycles. The van der Waals surface area contributed by atoms with E-state index in [-0.39, 0.29) is 18.1 Å².